The van der Waals surface area contributed by atoms with Gasteiger partial charge in [0.15, 0.2) is 5.82 Å². The molecule has 1 amide bonds. The number of fused-ring (bicyclic) bond motifs is 1. The smallest absolute Gasteiger partial charge is 0.253 e. The number of amides is 1. The van der Waals surface area contributed by atoms with Crippen molar-refractivity contribution in [1.82, 2.24) is 15.3 Å². The number of azo groups is 1. The molecule has 2 aromatic rings. The number of rotatable bonds is 5. The highest BCUT2D eigenvalue weighted by atomic mass is 16.1. The summed E-state index contributed by atoms with van der Waals surface area (Å²) in [4.78, 5) is 19.4. The maximum absolute atomic E-state index is 11.8. The van der Waals surface area contributed by atoms with Gasteiger partial charge in [0.05, 0.1) is 12.1 Å². The Balaban J connectivity index is 1.83. The largest absolute Gasteiger partial charge is 0.358 e. The number of H-pyrrole nitrogens is 1. The zero-order valence-electron chi connectivity index (χ0n) is 12.6. The SMILES string of the molecule is CCCCN=Nc1cc(-c2cc3c([nH]2)CCNC3=O)ccn1. The van der Waals surface area contributed by atoms with Crippen molar-refractivity contribution in [2.24, 2.45) is 10.2 Å². The summed E-state index contributed by atoms with van der Waals surface area (Å²) < 4.78 is 0. The van der Waals surface area contributed by atoms with E-state index in [1.807, 2.05) is 18.2 Å². The van der Waals surface area contributed by atoms with Crippen molar-refractivity contribution in [2.45, 2.75) is 26.2 Å². The van der Waals surface area contributed by atoms with Crippen molar-refractivity contribution < 1.29 is 4.79 Å². The van der Waals surface area contributed by atoms with E-state index < -0.39 is 0 Å². The predicted octanol–water partition coefficient (Wildman–Crippen LogP) is 3.25. The van der Waals surface area contributed by atoms with Gasteiger partial charge in [-0.3, -0.25) is 4.79 Å². The fourth-order valence-electron chi connectivity index (χ4n) is 2.44. The Labute approximate surface area is 129 Å². The molecule has 6 nitrogen and oxygen atoms in total. The fraction of sp³-hybridized carbons (Fsp3) is 0.375. The summed E-state index contributed by atoms with van der Waals surface area (Å²) in [5.41, 5.74) is 3.59. The van der Waals surface area contributed by atoms with E-state index in [9.17, 15) is 4.79 Å². The van der Waals surface area contributed by atoms with Crippen LogP contribution in [0.4, 0.5) is 5.82 Å². The second-order valence-electron chi connectivity index (χ2n) is 5.30. The van der Waals surface area contributed by atoms with E-state index in [1.165, 1.54) is 0 Å². The molecule has 0 aromatic carbocycles. The summed E-state index contributed by atoms with van der Waals surface area (Å²) in [6, 6.07) is 5.67. The van der Waals surface area contributed by atoms with Gasteiger partial charge in [0.25, 0.3) is 5.91 Å². The van der Waals surface area contributed by atoms with Crippen LogP contribution in [0.5, 0.6) is 0 Å². The normalized spacial score (nSPS) is 14.1. The highest BCUT2D eigenvalue weighted by Gasteiger charge is 2.19. The molecule has 1 aliphatic rings. The van der Waals surface area contributed by atoms with Gasteiger partial charge in [0.1, 0.15) is 0 Å². The minimum absolute atomic E-state index is 0.0164. The van der Waals surface area contributed by atoms with E-state index in [0.717, 1.165) is 48.3 Å². The molecule has 114 valence electrons. The minimum atomic E-state index is -0.0164. The molecule has 2 aromatic heterocycles. The Kier molecular flexibility index (Phi) is 4.27. The van der Waals surface area contributed by atoms with Crippen LogP contribution in [0.2, 0.25) is 0 Å². The molecule has 6 heteroatoms. The van der Waals surface area contributed by atoms with Crippen LogP contribution in [0.25, 0.3) is 11.3 Å². The van der Waals surface area contributed by atoms with Gasteiger partial charge in [-0.15, -0.1) is 5.11 Å². The summed E-state index contributed by atoms with van der Waals surface area (Å²) >= 11 is 0. The molecule has 0 saturated heterocycles. The van der Waals surface area contributed by atoms with Gasteiger partial charge in [-0.2, -0.15) is 5.11 Å². The first-order chi connectivity index (χ1) is 10.8. The molecular weight excluding hydrogens is 278 g/mol. The number of aromatic nitrogens is 2. The third kappa shape index (κ3) is 3.05. The molecule has 0 bridgehead atoms. The summed E-state index contributed by atoms with van der Waals surface area (Å²) in [6.07, 6.45) is 4.67. The van der Waals surface area contributed by atoms with Crippen molar-refractivity contribution in [2.75, 3.05) is 13.1 Å². The van der Waals surface area contributed by atoms with Crippen LogP contribution in [-0.2, 0) is 6.42 Å². The summed E-state index contributed by atoms with van der Waals surface area (Å²) in [5, 5.41) is 11.1. The Bertz CT molecular complexity index is 704. The number of aromatic amines is 1. The van der Waals surface area contributed by atoms with E-state index >= 15 is 0 Å². The summed E-state index contributed by atoms with van der Waals surface area (Å²) in [7, 11) is 0. The molecule has 0 radical (unpaired) electrons. The molecule has 0 saturated carbocycles. The molecule has 2 N–H and O–H groups in total. The molecular formula is C16H19N5O. The average molecular weight is 297 g/mol. The first-order valence-corrected chi connectivity index (χ1v) is 7.62. The molecule has 0 atom stereocenters. The number of nitrogens with zero attached hydrogens (tertiary/aromatic N) is 3. The maximum atomic E-state index is 11.8. The molecule has 1 aliphatic heterocycles. The number of unbranched alkanes of at least 4 members (excludes halogenated alkanes) is 1. The first kappa shape index (κ1) is 14.4. The third-order valence-corrected chi connectivity index (χ3v) is 3.65. The highest BCUT2D eigenvalue weighted by Crippen LogP contribution is 2.25. The van der Waals surface area contributed by atoms with Crippen molar-refractivity contribution in [3.63, 3.8) is 0 Å². The lowest BCUT2D eigenvalue weighted by atomic mass is 10.1. The minimum Gasteiger partial charge on any atom is -0.358 e. The molecule has 0 unspecified atom stereocenters. The zero-order chi connectivity index (χ0) is 15.4. The topological polar surface area (TPSA) is 82.5 Å². The van der Waals surface area contributed by atoms with Crippen LogP contribution in [0.3, 0.4) is 0 Å². The van der Waals surface area contributed by atoms with Crippen LogP contribution in [0, 0.1) is 0 Å². The number of carbonyl (C=O) groups excluding carboxylic acids is 1. The summed E-state index contributed by atoms with van der Waals surface area (Å²) in [5.74, 6) is 0.572. The Hall–Kier alpha value is -2.50. The number of carbonyl (C=O) groups is 1. The van der Waals surface area contributed by atoms with Crippen LogP contribution in [0.1, 0.15) is 35.8 Å². The van der Waals surface area contributed by atoms with Crippen molar-refractivity contribution in [1.29, 1.82) is 0 Å². The molecule has 0 fully saturated rings. The summed E-state index contributed by atoms with van der Waals surface area (Å²) in [6.45, 7) is 3.52. The standard InChI is InChI=1S/C16H19N5O/c1-2-3-6-19-21-15-9-11(4-7-17-15)14-10-12-13(20-14)5-8-18-16(12)22/h4,7,9-10,20H,2-3,5-6,8H2,1H3,(H,18,22). The predicted molar refractivity (Wildman–Crippen MR) is 84.4 cm³/mol. The Morgan fingerprint density at radius 1 is 1.36 bits per heavy atom. The van der Waals surface area contributed by atoms with Gasteiger partial charge in [-0.05, 0) is 24.6 Å². The molecule has 22 heavy (non-hydrogen) atoms. The number of hydrogen-bond acceptors (Lipinski definition) is 4. The van der Waals surface area contributed by atoms with Gasteiger partial charge in [0, 0.05) is 36.1 Å². The lowest BCUT2D eigenvalue weighted by Gasteiger charge is -2.10. The molecule has 0 spiro atoms. The van der Waals surface area contributed by atoms with Crippen LogP contribution < -0.4 is 5.32 Å². The van der Waals surface area contributed by atoms with Gasteiger partial charge in [-0.1, -0.05) is 13.3 Å². The highest BCUT2D eigenvalue weighted by molar-refractivity contribution is 5.97. The maximum Gasteiger partial charge on any atom is 0.253 e. The van der Waals surface area contributed by atoms with E-state index in [4.69, 9.17) is 0 Å². The molecule has 3 heterocycles. The van der Waals surface area contributed by atoms with Crippen LogP contribution >= 0.6 is 0 Å². The number of hydrogen-bond donors (Lipinski definition) is 2. The van der Waals surface area contributed by atoms with Gasteiger partial charge >= 0.3 is 0 Å². The Morgan fingerprint density at radius 3 is 3.09 bits per heavy atom. The second kappa shape index (κ2) is 6.51. The molecule has 3 rings (SSSR count). The number of nitrogens with one attached hydrogen (secondary N) is 2. The van der Waals surface area contributed by atoms with E-state index in [2.05, 4.69) is 32.4 Å². The number of pyridine rings is 1. The van der Waals surface area contributed by atoms with Gasteiger partial charge in [-0.25, -0.2) is 4.98 Å². The lowest BCUT2D eigenvalue weighted by Crippen LogP contribution is -2.31. The fourth-order valence-corrected chi connectivity index (χ4v) is 2.44. The quantitative estimate of drug-likeness (QED) is 0.656. The van der Waals surface area contributed by atoms with Crippen LogP contribution in [-0.4, -0.2) is 29.0 Å². The zero-order valence-corrected chi connectivity index (χ0v) is 12.6. The van der Waals surface area contributed by atoms with E-state index in [1.54, 1.807) is 6.20 Å². The lowest BCUT2D eigenvalue weighted by molar-refractivity contribution is 0.0946. The monoisotopic (exact) mass is 297 g/mol. The van der Waals surface area contributed by atoms with Crippen molar-refractivity contribution in [3.05, 3.63) is 35.7 Å². The molecule has 0 aliphatic carbocycles. The second-order valence-corrected chi connectivity index (χ2v) is 5.30. The van der Waals surface area contributed by atoms with E-state index in [-0.39, 0.29) is 5.91 Å². The van der Waals surface area contributed by atoms with Crippen LogP contribution in [0.15, 0.2) is 34.6 Å². The van der Waals surface area contributed by atoms with Gasteiger partial charge < -0.3 is 10.3 Å². The third-order valence-electron chi connectivity index (χ3n) is 3.65. The van der Waals surface area contributed by atoms with E-state index in [0.29, 0.717) is 12.4 Å². The average Bonchev–Trinajstić information content (AvgIpc) is 2.98. The first-order valence-electron chi connectivity index (χ1n) is 7.62. The van der Waals surface area contributed by atoms with Crippen molar-refractivity contribution in [3.8, 4) is 11.3 Å². The van der Waals surface area contributed by atoms with Crippen molar-refractivity contribution >= 4 is 11.7 Å². The Morgan fingerprint density at radius 2 is 2.27 bits per heavy atom. The van der Waals surface area contributed by atoms with Gasteiger partial charge in [0.2, 0.25) is 0 Å².